The minimum atomic E-state index is -0.291. The topological polar surface area (TPSA) is 55.3 Å². The Morgan fingerprint density at radius 2 is 1.96 bits per heavy atom. The lowest BCUT2D eigenvalue weighted by atomic mass is 9.97. The first-order chi connectivity index (χ1) is 12.3. The molecule has 0 aromatic carbocycles. The molecule has 5 nitrogen and oxygen atoms in total. The molecule has 7 heteroatoms. The molecule has 0 bridgehead atoms. The number of ether oxygens (including phenoxy) is 1. The van der Waals surface area contributed by atoms with Crippen LogP contribution in [0.3, 0.4) is 0 Å². The summed E-state index contributed by atoms with van der Waals surface area (Å²) in [6.07, 6.45) is 3.47. The number of aromatic nitrogens is 2. The van der Waals surface area contributed by atoms with Crippen molar-refractivity contribution in [2.45, 2.75) is 66.0 Å². The third-order valence-corrected chi connectivity index (χ3v) is 6.25. The smallest absolute Gasteiger partial charge is 0.348 e. The van der Waals surface area contributed by atoms with Gasteiger partial charge in [-0.3, -0.25) is 0 Å². The average Bonchev–Trinajstić information content (AvgIpc) is 2.89. The molecule has 2 aromatic rings. The summed E-state index contributed by atoms with van der Waals surface area (Å²) in [5.74, 6) is 0.853. The van der Waals surface area contributed by atoms with Crippen LogP contribution >= 0.6 is 22.9 Å². The van der Waals surface area contributed by atoms with Crippen molar-refractivity contribution in [2.75, 3.05) is 11.5 Å². The van der Waals surface area contributed by atoms with Crippen LogP contribution in [0, 0.1) is 12.8 Å². The fourth-order valence-electron chi connectivity index (χ4n) is 3.62. The Morgan fingerprint density at radius 3 is 2.58 bits per heavy atom. The van der Waals surface area contributed by atoms with Crippen LogP contribution < -0.4 is 4.90 Å². The second-order valence-corrected chi connectivity index (χ2v) is 8.92. The minimum absolute atomic E-state index is 0.223. The van der Waals surface area contributed by atoms with Gasteiger partial charge in [0.15, 0.2) is 0 Å². The van der Waals surface area contributed by atoms with Gasteiger partial charge in [0.25, 0.3) is 0 Å². The van der Waals surface area contributed by atoms with Crippen LogP contribution in [0.25, 0.3) is 10.2 Å². The molecule has 0 spiro atoms. The van der Waals surface area contributed by atoms with E-state index >= 15 is 0 Å². The third-order valence-electron chi connectivity index (χ3n) is 4.92. The van der Waals surface area contributed by atoms with Crippen LogP contribution in [-0.4, -0.2) is 34.6 Å². The fraction of sp³-hybridized carbons (Fsp3) is 0.632. The van der Waals surface area contributed by atoms with Crippen molar-refractivity contribution in [1.29, 1.82) is 0 Å². The first-order valence-electron chi connectivity index (χ1n) is 9.21. The van der Waals surface area contributed by atoms with Gasteiger partial charge in [-0.1, -0.05) is 13.8 Å². The number of carbonyl (C=O) groups is 1. The van der Waals surface area contributed by atoms with Crippen molar-refractivity contribution in [3.63, 3.8) is 0 Å². The van der Waals surface area contributed by atoms with Gasteiger partial charge >= 0.3 is 5.97 Å². The number of anilines is 1. The molecule has 142 valence electrons. The molecular formula is C19H26ClN3O2S. The highest BCUT2D eigenvalue weighted by atomic mass is 35.5. The van der Waals surface area contributed by atoms with Gasteiger partial charge < -0.3 is 9.64 Å². The first kappa shape index (κ1) is 19.4. The van der Waals surface area contributed by atoms with Crippen molar-refractivity contribution >= 4 is 44.9 Å². The van der Waals surface area contributed by atoms with E-state index in [-0.39, 0.29) is 11.3 Å². The number of rotatable bonds is 4. The Kier molecular flexibility index (Phi) is 5.72. The summed E-state index contributed by atoms with van der Waals surface area (Å²) in [6, 6.07) is 0.757. The number of aryl methyl sites for hydroxylation is 1. The van der Waals surface area contributed by atoms with Gasteiger partial charge in [0.1, 0.15) is 15.5 Å². The molecule has 0 aliphatic carbocycles. The van der Waals surface area contributed by atoms with Gasteiger partial charge in [-0.2, -0.15) is 4.98 Å². The van der Waals surface area contributed by atoms with Crippen LogP contribution in [0.2, 0.25) is 5.28 Å². The van der Waals surface area contributed by atoms with Gasteiger partial charge in [-0.15, -0.1) is 11.3 Å². The van der Waals surface area contributed by atoms with Crippen LogP contribution in [0.15, 0.2) is 0 Å². The number of nitrogens with zero attached hydrogens (tertiary/aromatic N) is 3. The lowest BCUT2D eigenvalue weighted by Gasteiger charge is -2.40. The SMILES string of the molecule is Cc1c(C(=O)OCC(C)C)sc2nc(Cl)nc(N3C(C)CCCC3C)c12. The van der Waals surface area contributed by atoms with E-state index in [0.717, 1.165) is 34.4 Å². The second kappa shape index (κ2) is 7.69. The lowest BCUT2D eigenvalue weighted by molar-refractivity contribution is 0.0464. The molecule has 2 aromatic heterocycles. The summed E-state index contributed by atoms with van der Waals surface area (Å²) in [4.78, 5) is 25.2. The maximum Gasteiger partial charge on any atom is 0.348 e. The van der Waals surface area contributed by atoms with Crippen molar-refractivity contribution < 1.29 is 9.53 Å². The number of fused-ring (bicyclic) bond motifs is 1. The molecule has 26 heavy (non-hydrogen) atoms. The molecule has 1 aliphatic heterocycles. The molecule has 0 saturated carbocycles. The minimum Gasteiger partial charge on any atom is -0.461 e. The fourth-order valence-corrected chi connectivity index (χ4v) is 4.90. The molecule has 1 fully saturated rings. The molecular weight excluding hydrogens is 370 g/mol. The number of piperidine rings is 1. The van der Waals surface area contributed by atoms with E-state index < -0.39 is 0 Å². The number of carbonyl (C=O) groups excluding carboxylic acids is 1. The van der Waals surface area contributed by atoms with Crippen molar-refractivity contribution in [3.05, 3.63) is 15.7 Å². The number of halogens is 1. The van der Waals surface area contributed by atoms with Gasteiger partial charge in [0.05, 0.1) is 12.0 Å². The molecule has 0 N–H and O–H groups in total. The standard InChI is InChI=1S/C19H26ClN3O2S/c1-10(2)9-25-18(24)15-13(5)14-16(21-19(20)22-17(14)26-15)23-11(3)7-6-8-12(23)4/h10-12H,6-9H2,1-5H3. The van der Waals surface area contributed by atoms with Gasteiger partial charge in [-0.25, -0.2) is 9.78 Å². The Morgan fingerprint density at radius 1 is 1.31 bits per heavy atom. The van der Waals surface area contributed by atoms with E-state index in [0.29, 0.717) is 29.5 Å². The maximum absolute atomic E-state index is 12.5. The van der Waals surface area contributed by atoms with E-state index in [4.69, 9.17) is 16.3 Å². The third kappa shape index (κ3) is 3.67. The summed E-state index contributed by atoms with van der Waals surface area (Å²) in [7, 11) is 0. The quantitative estimate of drug-likeness (QED) is 0.523. The van der Waals surface area contributed by atoms with Crippen LogP contribution in [-0.2, 0) is 4.74 Å². The Hall–Kier alpha value is -1.40. The summed E-state index contributed by atoms with van der Waals surface area (Å²) in [5.41, 5.74) is 0.885. The van der Waals surface area contributed by atoms with Crippen LogP contribution in [0.4, 0.5) is 5.82 Å². The van der Waals surface area contributed by atoms with E-state index in [2.05, 4.69) is 28.7 Å². The van der Waals surface area contributed by atoms with Crippen molar-refractivity contribution in [1.82, 2.24) is 9.97 Å². The van der Waals surface area contributed by atoms with Crippen LogP contribution in [0.1, 0.15) is 62.2 Å². The number of thiophene rings is 1. The molecule has 0 radical (unpaired) electrons. The predicted octanol–water partition coefficient (Wildman–Crippen LogP) is 5.23. The normalized spacial score (nSPS) is 20.8. The summed E-state index contributed by atoms with van der Waals surface area (Å²) < 4.78 is 5.43. The molecule has 2 unspecified atom stereocenters. The van der Waals surface area contributed by atoms with Gasteiger partial charge in [-0.05, 0) is 63.1 Å². The zero-order valence-corrected chi connectivity index (χ0v) is 17.6. The predicted molar refractivity (Wildman–Crippen MR) is 108 cm³/mol. The monoisotopic (exact) mass is 395 g/mol. The molecule has 0 amide bonds. The molecule has 3 heterocycles. The summed E-state index contributed by atoms with van der Waals surface area (Å²) >= 11 is 7.57. The average molecular weight is 396 g/mol. The number of esters is 1. The van der Waals surface area contributed by atoms with Gasteiger partial charge in [0, 0.05) is 12.1 Å². The highest BCUT2D eigenvalue weighted by Gasteiger charge is 2.30. The second-order valence-electron chi connectivity index (χ2n) is 7.58. The Labute approximate surface area is 163 Å². The zero-order valence-electron chi connectivity index (χ0n) is 16.0. The zero-order chi connectivity index (χ0) is 19.0. The number of hydrogen-bond donors (Lipinski definition) is 0. The van der Waals surface area contributed by atoms with E-state index in [1.165, 1.54) is 17.8 Å². The highest BCUT2D eigenvalue weighted by molar-refractivity contribution is 7.20. The Balaban J connectivity index is 2.08. The van der Waals surface area contributed by atoms with Gasteiger partial charge in [0.2, 0.25) is 5.28 Å². The van der Waals surface area contributed by atoms with Crippen LogP contribution in [0.5, 0.6) is 0 Å². The molecule has 1 aliphatic rings. The van der Waals surface area contributed by atoms with E-state index in [1.54, 1.807) is 0 Å². The van der Waals surface area contributed by atoms with Crippen molar-refractivity contribution in [3.8, 4) is 0 Å². The molecule has 2 atom stereocenters. The molecule has 3 rings (SSSR count). The van der Waals surface area contributed by atoms with E-state index in [1.807, 2.05) is 20.8 Å². The summed E-state index contributed by atoms with van der Waals surface area (Å²) in [6.45, 7) is 10.8. The first-order valence-corrected chi connectivity index (χ1v) is 10.4. The Bertz CT molecular complexity index is 811. The molecule has 1 saturated heterocycles. The lowest BCUT2D eigenvalue weighted by Crippen LogP contribution is -2.44. The maximum atomic E-state index is 12.5. The number of hydrogen-bond acceptors (Lipinski definition) is 6. The largest absolute Gasteiger partial charge is 0.461 e. The highest BCUT2D eigenvalue weighted by Crippen LogP contribution is 2.39. The van der Waals surface area contributed by atoms with Crippen molar-refractivity contribution in [2.24, 2.45) is 5.92 Å². The van der Waals surface area contributed by atoms with E-state index in [9.17, 15) is 4.79 Å². The summed E-state index contributed by atoms with van der Waals surface area (Å²) in [5, 5.41) is 1.15.